The van der Waals surface area contributed by atoms with E-state index in [4.69, 9.17) is 9.52 Å². The summed E-state index contributed by atoms with van der Waals surface area (Å²) in [5, 5.41) is 19.5. The van der Waals surface area contributed by atoms with E-state index in [9.17, 15) is 9.90 Å². The van der Waals surface area contributed by atoms with Gasteiger partial charge in [0.1, 0.15) is 17.2 Å². The Morgan fingerprint density at radius 3 is 2.41 bits per heavy atom. The Morgan fingerprint density at radius 1 is 1.00 bits per heavy atom. The van der Waals surface area contributed by atoms with Crippen LogP contribution in [-0.2, 0) is 0 Å². The number of anilines is 2. The molecule has 0 amide bonds. The third-order valence-corrected chi connectivity index (χ3v) is 7.36. The first kappa shape index (κ1) is 21.2. The lowest BCUT2D eigenvalue weighted by Gasteiger charge is -2.28. The van der Waals surface area contributed by atoms with Gasteiger partial charge in [0.15, 0.2) is 0 Å². The van der Waals surface area contributed by atoms with Crippen LogP contribution in [0.4, 0.5) is 11.5 Å². The highest BCUT2D eigenvalue weighted by atomic mass is 79.9. The fourth-order valence-electron chi connectivity index (χ4n) is 4.67. The van der Waals surface area contributed by atoms with Crippen LogP contribution >= 0.6 is 31.9 Å². The minimum Gasteiger partial charge on any atom is -0.506 e. The van der Waals surface area contributed by atoms with E-state index in [0.717, 1.165) is 33.7 Å². The van der Waals surface area contributed by atoms with Gasteiger partial charge in [-0.15, -0.1) is 0 Å². The van der Waals surface area contributed by atoms with E-state index >= 15 is 0 Å². The smallest absolute Gasteiger partial charge is 0.342 e. The normalized spacial score (nSPS) is 14.5. The Labute approximate surface area is 211 Å². The lowest BCUT2D eigenvalue weighted by molar-refractivity contribution is 0.468. The Morgan fingerprint density at radius 2 is 1.68 bits per heavy atom. The Balaban J connectivity index is 1.72. The summed E-state index contributed by atoms with van der Waals surface area (Å²) in [6, 6.07) is 21.0. The number of aryl methyl sites for hydroxylation is 1. The molecule has 3 heterocycles. The van der Waals surface area contributed by atoms with E-state index in [-0.39, 0.29) is 5.75 Å². The molecule has 0 unspecified atom stereocenters. The van der Waals surface area contributed by atoms with Crippen molar-refractivity contribution in [1.29, 1.82) is 0 Å². The molecule has 1 atom stereocenters. The summed E-state index contributed by atoms with van der Waals surface area (Å²) in [6.07, 6.45) is 0. The van der Waals surface area contributed by atoms with Crippen molar-refractivity contribution in [2.75, 3.05) is 5.32 Å². The van der Waals surface area contributed by atoms with Crippen molar-refractivity contribution >= 4 is 54.3 Å². The van der Waals surface area contributed by atoms with Gasteiger partial charge in [-0.2, -0.15) is 5.10 Å². The minimum atomic E-state index is -0.460. The zero-order valence-electron chi connectivity index (χ0n) is 17.8. The quantitative estimate of drug-likeness (QED) is 0.222. The van der Waals surface area contributed by atoms with Crippen LogP contribution in [-0.4, -0.2) is 14.9 Å². The van der Waals surface area contributed by atoms with Crippen molar-refractivity contribution < 1.29 is 9.52 Å². The third kappa shape index (κ3) is 3.13. The first-order chi connectivity index (χ1) is 16.4. The molecule has 6 rings (SSSR count). The number of para-hydroxylation sites is 2. The molecule has 0 bridgehead atoms. The van der Waals surface area contributed by atoms with Crippen LogP contribution in [0.2, 0.25) is 0 Å². The molecular weight excluding hydrogens is 562 g/mol. The molecule has 1 aliphatic heterocycles. The first-order valence-electron chi connectivity index (χ1n) is 10.6. The van der Waals surface area contributed by atoms with E-state index in [1.165, 1.54) is 0 Å². The van der Waals surface area contributed by atoms with E-state index in [2.05, 4.69) is 37.2 Å². The molecule has 0 saturated carbocycles. The van der Waals surface area contributed by atoms with Crippen molar-refractivity contribution in [3.8, 4) is 11.4 Å². The summed E-state index contributed by atoms with van der Waals surface area (Å²) in [5.74, 6) is 0.426. The number of aromatic hydroxyl groups is 1. The number of fused-ring (bicyclic) bond motifs is 4. The SMILES string of the molecule is Cc1nn(-c2ccccc2)c2c1[C@@H](c1cc(Br)c(O)c(Br)c1)c1c(c3ccccc3oc1=O)N2. The van der Waals surface area contributed by atoms with Gasteiger partial charge >= 0.3 is 5.63 Å². The highest BCUT2D eigenvalue weighted by Gasteiger charge is 2.37. The monoisotopic (exact) mass is 577 g/mol. The van der Waals surface area contributed by atoms with E-state index in [1.54, 1.807) is 6.07 Å². The average Bonchev–Trinajstić information content (AvgIpc) is 3.18. The maximum absolute atomic E-state index is 13.4. The predicted molar refractivity (Wildman–Crippen MR) is 139 cm³/mol. The lowest BCUT2D eigenvalue weighted by atomic mass is 9.82. The van der Waals surface area contributed by atoms with Gasteiger partial charge < -0.3 is 14.8 Å². The number of benzene rings is 3. The van der Waals surface area contributed by atoms with Crippen molar-refractivity contribution in [2.24, 2.45) is 0 Å². The number of aromatic nitrogens is 2. The summed E-state index contributed by atoms with van der Waals surface area (Å²) < 4.78 is 8.67. The van der Waals surface area contributed by atoms with Gasteiger partial charge in [0.2, 0.25) is 0 Å². The Bertz CT molecular complexity index is 1640. The molecule has 2 aromatic heterocycles. The van der Waals surface area contributed by atoms with Gasteiger partial charge in [-0.3, -0.25) is 0 Å². The zero-order chi connectivity index (χ0) is 23.6. The van der Waals surface area contributed by atoms with Gasteiger partial charge in [0, 0.05) is 16.9 Å². The molecule has 34 heavy (non-hydrogen) atoms. The van der Waals surface area contributed by atoms with Crippen molar-refractivity contribution in [3.05, 3.63) is 108 Å². The largest absolute Gasteiger partial charge is 0.506 e. The number of nitrogens with zero attached hydrogens (tertiary/aromatic N) is 2. The number of halogens is 2. The van der Waals surface area contributed by atoms with Gasteiger partial charge in [-0.1, -0.05) is 30.3 Å². The fourth-order valence-corrected chi connectivity index (χ4v) is 5.89. The average molecular weight is 579 g/mol. The number of phenolic OH excluding ortho intramolecular Hbond substituents is 1. The van der Waals surface area contributed by atoms with E-state index in [1.807, 2.05) is 72.3 Å². The summed E-state index contributed by atoms with van der Waals surface area (Å²) in [5.41, 5.74) is 4.69. The van der Waals surface area contributed by atoms with Gasteiger partial charge in [-0.25, -0.2) is 9.48 Å². The second-order valence-corrected chi connectivity index (χ2v) is 9.87. The molecule has 6 nitrogen and oxygen atoms in total. The molecule has 0 radical (unpaired) electrons. The van der Waals surface area contributed by atoms with Crippen LogP contribution in [0.15, 0.2) is 84.9 Å². The molecule has 5 aromatic rings. The van der Waals surface area contributed by atoms with Crippen LogP contribution < -0.4 is 10.9 Å². The Hall–Kier alpha value is -3.36. The number of nitrogens with one attached hydrogen (secondary N) is 1. The van der Waals surface area contributed by atoms with Crippen molar-refractivity contribution in [3.63, 3.8) is 0 Å². The van der Waals surface area contributed by atoms with Crippen molar-refractivity contribution in [1.82, 2.24) is 9.78 Å². The first-order valence-corrected chi connectivity index (χ1v) is 12.2. The Kier molecular flexibility index (Phi) is 4.89. The highest BCUT2D eigenvalue weighted by Crippen LogP contribution is 2.49. The summed E-state index contributed by atoms with van der Waals surface area (Å²) in [7, 11) is 0. The van der Waals surface area contributed by atoms with Gasteiger partial charge in [0.05, 0.1) is 31.6 Å². The predicted octanol–water partition coefficient (Wildman–Crippen LogP) is 6.75. The standard InChI is InChI=1S/C26H17Br2N3O3/c1-13-20-21(14-11-17(27)24(32)18(28)12-14)22-23(16-9-5-6-10-19(16)34-26(22)33)29-25(20)31(30-13)15-7-3-2-4-8-15/h2-12,21,29,32H,1H3/t21-/m1/s1. The van der Waals surface area contributed by atoms with Gasteiger partial charge in [0.25, 0.3) is 0 Å². The molecule has 0 saturated heterocycles. The summed E-state index contributed by atoms with van der Waals surface area (Å²) >= 11 is 6.89. The van der Waals surface area contributed by atoms with Crippen LogP contribution in [0.25, 0.3) is 16.7 Å². The highest BCUT2D eigenvalue weighted by molar-refractivity contribution is 9.11. The fraction of sp³-hybridized carbons (Fsp3) is 0.0769. The lowest BCUT2D eigenvalue weighted by Crippen LogP contribution is -2.23. The maximum Gasteiger partial charge on any atom is 0.342 e. The third-order valence-electron chi connectivity index (χ3n) is 6.15. The van der Waals surface area contributed by atoms with Crippen LogP contribution in [0.3, 0.4) is 0 Å². The van der Waals surface area contributed by atoms with Crippen LogP contribution in [0.5, 0.6) is 5.75 Å². The molecule has 1 aliphatic rings. The number of hydrogen-bond donors (Lipinski definition) is 2. The number of hydrogen-bond acceptors (Lipinski definition) is 5. The molecule has 8 heteroatoms. The second-order valence-electron chi connectivity index (χ2n) is 8.16. The molecule has 0 aliphatic carbocycles. The molecule has 0 spiro atoms. The second kappa shape index (κ2) is 7.85. The topological polar surface area (TPSA) is 80.3 Å². The molecule has 2 N–H and O–H groups in total. The van der Waals surface area contributed by atoms with Crippen LogP contribution in [0.1, 0.15) is 28.3 Å². The summed E-state index contributed by atoms with van der Waals surface area (Å²) in [6.45, 7) is 1.94. The van der Waals surface area contributed by atoms with Crippen molar-refractivity contribution in [2.45, 2.75) is 12.8 Å². The summed E-state index contributed by atoms with van der Waals surface area (Å²) in [4.78, 5) is 13.4. The molecular formula is C26H17Br2N3O3. The molecule has 0 fully saturated rings. The van der Waals surface area contributed by atoms with E-state index in [0.29, 0.717) is 25.8 Å². The molecule has 3 aromatic carbocycles. The molecule has 168 valence electrons. The van der Waals surface area contributed by atoms with E-state index < -0.39 is 11.5 Å². The minimum absolute atomic E-state index is 0.0976. The van der Waals surface area contributed by atoms with Gasteiger partial charge in [-0.05, 0) is 80.7 Å². The number of rotatable bonds is 2. The van der Waals surface area contributed by atoms with Crippen LogP contribution in [0, 0.1) is 6.92 Å². The maximum atomic E-state index is 13.4. The number of phenols is 1. The zero-order valence-corrected chi connectivity index (χ0v) is 21.0.